The van der Waals surface area contributed by atoms with E-state index >= 15 is 0 Å². The molecule has 0 spiro atoms. The van der Waals surface area contributed by atoms with Gasteiger partial charge in [-0.25, -0.2) is 0 Å². The van der Waals surface area contributed by atoms with Gasteiger partial charge in [0.05, 0.1) is 6.04 Å². The molecule has 10 heavy (non-hydrogen) atoms. The molecule has 0 aromatic rings. The Kier molecular flexibility index (Phi) is 4.00. The Balaban J connectivity index is 3.66. The van der Waals surface area contributed by atoms with Gasteiger partial charge in [0.1, 0.15) is 0 Å². The maximum absolute atomic E-state index is 4.00. The molecule has 0 aliphatic heterocycles. The van der Waals surface area contributed by atoms with Crippen LogP contribution in [-0.2, 0) is 0 Å². The van der Waals surface area contributed by atoms with Crippen LogP contribution < -0.4 is 0 Å². The summed E-state index contributed by atoms with van der Waals surface area (Å²) in [5.74, 6) is 0. The highest BCUT2D eigenvalue weighted by Gasteiger charge is 1.97. The fourth-order valence-electron chi connectivity index (χ4n) is 0.288. The molecule has 0 bridgehead atoms. The summed E-state index contributed by atoms with van der Waals surface area (Å²) in [6.45, 7) is 8.19. The molecule has 0 atom stereocenters. The fourth-order valence-corrected chi connectivity index (χ4v) is 0.288. The largest absolute Gasteiger partial charge is 0.279 e. The summed E-state index contributed by atoms with van der Waals surface area (Å²) in [6, 6.07) is 0.726. The van der Waals surface area contributed by atoms with E-state index < -0.39 is 0 Å². The molecule has 0 saturated carbocycles. The highest BCUT2D eigenvalue weighted by atomic mass is 15.5. The molecule has 0 aromatic heterocycles. The maximum Gasteiger partial charge on any atom is 0.0673 e. The number of hydrogen-bond donors (Lipinski definition) is 0. The first-order valence-corrected chi connectivity index (χ1v) is 3.67. The van der Waals surface area contributed by atoms with E-state index in [2.05, 4.69) is 24.2 Å². The molecule has 3 nitrogen and oxygen atoms in total. The third-order valence-electron chi connectivity index (χ3n) is 1.17. The Labute approximate surface area is 63.1 Å². The van der Waals surface area contributed by atoms with E-state index in [9.17, 15) is 0 Å². The molecule has 0 N–H and O–H groups in total. The quantitative estimate of drug-likeness (QED) is 0.439. The molecule has 0 saturated heterocycles. The van der Waals surface area contributed by atoms with Crippen LogP contribution in [0.5, 0.6) is 0 Å². The van der Waals surface area contributed by atoms with Gasteiger partial charge in [0, 0.05) is 13.1 Å². The monoisotopic (exact) mass is 143 g/mol. The van der Waals surface area contributed by atoms with Crippen molar-refractivity contribution in [2.24, 2.45) is 10.3 Å². The van der Waals surface area contributed by atoms with Gasteiger partial charge in [-0.2, -0.15) is 5.11 Å². The molecule has 0 unspecified atom stereocenters. The van der Waals surface area contributed by atoms with Crippen LogP contribution in [0.3, 0.4) is 0 Å². The first kappa shape index (κ1) is 9.40. The first-order valence-electron chi connectivity index (χ1n) is 3.67. The summed E-state index contributed by atoms with van der Waals surface area (Å²) in [7, 11) is 1.93. The smallest absolute Gasteiger partial charge is 0.0673 e. The Bertz CT molecular complexity index is 107. The molecule has 0 aliphatic carbocycles. The lowest BCUT2D eigenvalue weighted by Gasteiger charge is -2.15. The van der Waals surface area contributed by atoms with E-state index in [4.69, 9.17) is 0 Å². The third-order valence-corrected chi connectivity index (χ3v) is 1.17. The van der Waals surface area contributed by atoms with E-state index in [0.29, 0.717) is 12.1 Å². The van der Waals surface area contributed by atoms with E-state index in [1.54, 1.807) is 0 Å². The van der Waals surface area contributed by atoms with E-state index in [-0.39, 0.29) is 0 Å². The molecule has 0 fully saturated rings. The Morgan fingerprint density at radius 3 is 1.90 bits per heavy atom. The van der Waals surface area contributed by atoms with Crippen LogP contribution in [0.15, 0.2) is 10.3 Å². The van der Waals surface area contributed by atoms with Crippen LogP contribution >= 0.6 is 0 Å². The van der Waals surface area contributed by atoms with Gasteiger partial charge in [-0.3, -0.25) is 5.01 Å². The van der Waals surface area contributed by atoms with Crippen molar-refractivity contribution in [3.63, 3.8) is 0 Å². The minimum Gasteiger partial charge on any atom is -0.279 e. The average Bonchev–Trinajstić information content (AvgIpc) is 1.82. The lowest BCUT2D eigenvalue weighted by molar-refractivity contribution is 0.262. The van der Waals surface area contributed by atoms with Crippen molar-refractivity contribution in [2.75, 3.05) is 7.05 Å². The minimum atomic E-state index is 0.293. The standard InChI is InChI=1S/C7H17N3/c1-6(2)8-9-10(5)7(3)4/h6-7H,1-5H3/b9-8-. The SMILES string of the molecule is CC(C)/N=N\N(C)C(C)C. The summed E-state index contributed by atoms with van der Waals surface area (Å²) in [5.41, 5.74) is 0. The molecule has 0 radical (unpaired) electrons. The molecule has 0 heterocycles. The summed E-state index contributed by atoms with van der Waals surface area (Å²) in [4.78, 5) is 0. The van der Waals surface area contributed by atoms with Gasteiger partial charge in [-0.15, -0.1) is 0 Å². The first-order chi connectivity index (χ1) is 4.54. The zero-order valence-electron chi connectivity index (χ0n) is 7.50. The second-order valence-electron chi connectivity index (χ2n) is 2.97. The summed E-state index contributed by atoms with van der Waals surface area (Å²) in [6.07, 6.45) is 0. The van der Waals surface area contributed by atoms with Crippen molar-refractivity contribution in [1.82, 2.24) is 5.01 Å². The average molecular weight is 143 g/mol. The van der Waals surface area contributed by atoms with Gasteiger partial charge in [0.2, 0.25) is 0 Å². The van der Waals surface area contributed by atoms with Crippen molar-refractivity contribution in [1.29, 1.82) is 0 Å². The van der Waals surface area contributed by atoms with Gasteiger partial charge >= 0.3 is 0 Å². The van der Waals surface area contributed by atoms with Crippen molar-refractivity contribution in [3.8, 4) is 0 Å². The van der Waals surface area contributed by atoms with E-state index in [0.717, 1.165) is 0 Å². The summed E-state index contributed by atoms with van der Waals surface area (Å²) in [5, 5.41) is 9.83. The van der Waals surface area contributed by atoms with Crippen LogP contribution in [0.25, 0.3) is 0 Å². The van der Waals surface area contributed by atoms with Gasteiger partial charge in [0.25, 0.3) is 0 Å². The number of rotatable bonds is 3. The van der Waals surface area contributed by atoms with Crippen molar-refractivity contribution in [3.05, 3.63) is 0 Å². The zero-order chi connectivity index (χ0) is 8.15. The maximum atomic E-state index is 4.00. The second kappa shape index (κ2) is 4.25. The minimum absolute atomic E-state index is 0.293. The highest BCUT2D eigenvalue weighted by Crippen LogP contribution is 1.96. The normalized spacial score (nSPS) is 11.9. The Morgan fingerprint density at radius 1 is 1.10 bits per heavy atom. The van der Waals surface area contributed by atoms with Crippen LogP contribution in [0.2, 0.25) is 0 Å². The Morgan fingerprint density at radius 2 is 1.60 bits per heavy atom. The molecule has 0 rings (SSSR count). The lowest BCUT2D eigenvalue weighted by atomic mass is 10.4. The van der Waals surface area contributed by atoms with E-state index in [1.807, 2.05) is 25.9 Å². The molecule has 3 heteroatoms. The lowest BCUT2D eigenvalue weighted by Crippen LogP contribution is -2.19. The zero-order valence-corrected chi connectivity index (χ0v) is 7.50. The van der Waals surface area contributed by atoms with Crippen LogP contribution in [0, 0.1) is 0 Å². The molecular formula is C7H17N3. The van der Waals surface area contributed by atoms with Gasteiger partial charge in [0.15, 0.2) is 0 Å². The fraction of sp³-hybridized carbons (Fsp3) is 1.00. The second-order valence-corrected chi connectivity index (χ2v) is 2.97. The predicted molar refractivity (Wildman–Crippen MR) is 42.9 cm³/mol. The predicted octanol–water partition coefficient (Wildman–Crippen LogP) is 2.10. The summed E-state index contributed by atoms with van der Waals surface area (Å²) >= 11 is 0. The molecular weight excluding hydrogens is 126 g/mol. The van der Waals surface area contributed by atoms with Crippen LogP contribution in [0.1, 0.15) is 27.7 Å². The van der Waals surface area contributed by atoms with Crippen molar-refractivity contribution in [2.45, 2.75) is 39.8 Å². The number of hydrogen-bond acceptors (Lipinski definition) is 2. The van der Waals surface area contributed by atoms with Gasteiger partial charge in [-0.1, -0.05) is 5.22 Å². The molecule has 0 aliphatic rings. The molecule has 0 aromatic carbocycles. The van der Waals surface area contributed by atoms with Gasteiger partial charge in [-0.05, 0) is 27.7 Å². The molecule has 60 valence electrons. The third kappa shape index (κ3) is 4.30. The van der Waals surface area contributed by atoms with Crippen LogP contribution in [0.4, 0.5) is 0 Å². The highest BCUT2D eigenvalue weighted by molar-refractivity contribution is 4.49. The van der Waals surface area contributed by atoms with Gasteiger partial charge < -0.3 is 0 Å². The number of nitrogens with zero attached hydrogens (tertiary/aromatic N) is 3. The Hall–Kier alpha value is -0.600. The van der Waals surface area contributed by atoms with E-state index in [1.165, 1.54) is 0 Å². The van der Waals surface area contributed by atoms with Crippen molar-refractivity contribution < 1.29 is 0 Å². The molecule has 0 amide bonds. The topological polar surface area (TPSA) is 28.0 Å². The summed E-state index contributed by atoms with van der Waals surface area (Å²) < 4.78 is 0. The van der Waals surface area contributed by atoms with Crippen LogP contribution in [-0.4, -0.2) is 24.1 Å². The van der Waals surface area contributed by atoms with Crippen molar-refractivity contribution >= 4 is 0 Å².